The van der Waals surface area contributed by atoms with Gasteiger partial charge in [0.2, 0.25) is 0 Å². The molecule has 0 aromatic carbocycles. The van der Waals surface area contributed by atoms with Crippen LogP contribution in [0.2, 0.25) is 0 Å². The Bertz CT molecular complexity index is 446. The summed E-state index contributed by atoms with van der Waals surface area (Å²) < 4.78 is 0. The molecule has 0 amide bonds. The van der Waals surface area contributed by atoms with Crippen molar-refractivity contribution < 1.29 is 0 Å². The third-order valence-corrected chi connectivity index (χ3v) is 4.21. The van der Waals surface area contributed by atoms with Gasteiger partial charge in [0, 0.05) is 31.4 Å². The van der Waals surface area contributed by atoms with Gasteiger partial charge in [-0.15, -0.1) is 0 Å². The number of pyridine rings is 1. The predicted molar refractivity (Wildman–Crippen MR) is 89.9 cm³/mol. The van der Waals surface area contributed by atoms with Gasteiger partial charge < -0.3 is 15.1 Å². The van der Waals surface area contributed by atoms with Crippen molar-refractivity contribution in [2.45, 2.75) is 46.2 Å². The van der Waals surface area contributed by atoms with E-state index in [1.807, 2.05) is 0 Å². The Morgan fingerprint density at radius 3 is 2.81 bits per heavy atom. The quantitative estimate of drug-likeness (QED) is 0.901. The molecule has 118 valence electrons. The molecule has 1 aliphatic rings. The first-order valence-corrected chi connectivity index (χ1v) is 8.29. The first-order valence-electron chi connectivity index (χ1n) is 8.29. The van der Waals surface area contributed by atoms with Gasteiger partial charge in [0.25, 0.3) is 0 Å². The largest absolute Gasteiger partial charge is 0.353 e. The zero-order valence-corrected chi connectivity index (χ0v) is 14.0. The van der Waals surface area contributed by atoms with Gasteiger partial charge in [0.15, 0.2) is 0 Å². The molecule has 1 atom stereocenters. The van der Waals surface area contributed by atoms with Gasteiger partial charge in [0.1, 0.15) is 5.82 Å². The molecule has 2 heterocycles. The Balaban J connectivity index is 2.23. The molecule has 0 radical (unpaired) electrons. The summed E-state index contributed by atoms with van der Waals surface area (Å²) in [7, 11) is 2.21. The van der Waals surface area contributed by atoms with E-state index in [-0.39, 0.29) is 0 Å². The average Bonchev–Trinajstić information content (AvgIpc) is 2.65. The molecule has 0 bridgehead atoms. The third kappa shape index (κ3) is 4.42. The maximum absolute atomic E-state index is 4.88. The van der Waals surface area contributed by atoms with Crippen molar-refractivity contribution >= 4 is 5.82 Å². The Hall–Kier alpha value is -1.13. The van der Waals surface area contributed by atoms with Gasteiger partial charge in [-0.05, 0) is 57.6 Å². The lowest BCUT2D eigenvalue weighted by atomic mass is 10.1. The number of likely N-dealkylation sites (N-methyl/N-ethyl adjacent to an activating group) is 1. The number of anilines is 1. The summed E-state index contributed by atoms with van der Waals surface area (Å²) in [5.41, 5.74) is 2.55. The summed E-state index contributed by atoms with van der Waals surface area (Å²) in [6.07, 6.45) is 2.20. The van der Waals surface area contributed by atoms with Crippen LogP contribution in [0.3, 0.4) is 0 Å². The van der Waals surface area contributed by atoms with Crippen LogP contribution in [-0.4, -0.2) is 49.2 Å². The molecule has 2 rings (SSSR count). The van der Waals surface area contributed by atoms with Crippen LogP contribution >= 0.6 is 0 Å². The number of nitrogens with zero attached hydrogens (tertiary/aromatic N) is 3. The highest BCUT2D eigenvalue weighted by atomic mass is 15.3. The lowest BCUT2D eigenvalue weighted by Gasteiger charge is -2.29. The second-order valence-electron chi connectivity index (χ2n) is 6.12. The smallest absolute Gasteiger partial charge is 0.129 e. The third-order valence-electron chi connectivity index (χ3n) is 4.21. The van der Waals surface area contributed by atoms with Crippen LogP contribution in [0.5, 0.6) is 0 Å². The Morgan fingerprint density at radius 1 is 1.29 bits per heavy atom. The highest BCUT2D eigenvalue weighted by Gasteiger charge is 2.21. The minimum absolute atomic E-state index is 0.518. The lowest BCUT2D eigenvalue weighted by molar-refractivity contribution is 0.337. The number of rotatable bonds is 5. The van der Waals surface area contributed by atoms with Crippen molar-refractivity contribution in [1.29, 1.82) is 0 Å². The molecule has 0 spiro atoms. The molecule has 4 nitrogen and oxygen atoms in total. The summed E-state index contributed by atoms with van der Waals surface area (Å²) >= 11 is 0. The number of aromatic nitrogens is 1. The number of hydrogen-bond acceptors (Lipinski definition) is 4. The predicted octanol–water partition coefficient (Wildman–Crippen LogP) is 2.28. The molecule has 1 aliphatic heterocycles. The van der Waals surface area contributed by atoms with E-state index in [9.17, 15) is 0 Å². The second kappa shape index (κ2) is 7.76. The summed E-state index contributed by atoms with van der Waals surface area (Å²) in [4.78, 5) is 9.79. The van der Waals surface area contributed by atoms with Gasteiger partial charge in [-0.2, -0.15) is 0 Å². The van der Waals surface area contributed by atoms with Gasteiger partial charge in [0.05, 0.1) is 0 Å². The highest BCUT2D eigenvalue weighted by Crippen LogP contribution is 2.21. The molecule has 1 aromatic heterocycles. The van der Waals surface area contributed by atoms with Crippen LogP contribution < -0.4 is 10.2 Å². The first kappa shape index (κ1) is 16.2. The monoisotopic (exact) mass is 290 g/mol. The fourth-order valence-corrected chi connectivity index (χ4v) is 3.05. The van der Waals surface area contributed by atoms with E-state index in [0.29, 0.717) is 6.04 Å². The number of nitrogens with one attached hydrogen (secondary N) is 1. The molecule has 1 aromatic rings. The molecule has 4 heteroatoms. The molecule has 1 unspecified atom stereocenters. The molecular weight excluding hydrogens is 260 g/mol. The molecule has 1 N–H and O–H groups in total. The first-order chi connectivity index (χ1) is 10.1. The maximum Gasteiger partial charge on any atom is 0.129 e. The van der Waals surface area contributed by atoms with E-state index in [1.165, 1.54) is 24.2 Å². The molecule has 1 fully saturated rings. The van der Waals surface area contributed by atoms with E-state index in [4.69, 9.17) is 4.98 Å². The summed E-state index contributed by atoms with van der Waals surface area (Å²) in [6.45, 7) is 12.0. The van der Waals surface area contributed by atoms with Crippen LogP contribution in [0.15, 0.2) is 12.1 Å². The van der Waals surface area contributed by atoms with E-state index < -0.39 is 0 Å². The van der Waals surface area contributed by atoms with Gasteiger partial charge in [-0.25, -0.2) is 4.98 Å². The van der Waals surface area contributed by atoms with Crippen LogP contribution in [0.25, 0.3) is 0 Å². The van der Waals surface area contributed by atoms with Gasteiger partial charge in [-0.3, -0.25) is 0 Å². The summed E-state index contributed by atoms with van der Waals surface area (Å²) in [5.74, 6) is 1.16. The molecule has 0 aliphatic carbocycles. The van der Waals surface area contributed by atoms with Crippen LogP contribution in [0.1, 0.15) is 38.4 Å². The van der Waals surface area contributed by atoms with Crippen molar-refractivity contribution in [3.05, 3.63) is 23.4 Å². The Labute approximate surface area is 129 Å². The fraction of sp³-hybridized carbons (Fsp3) is 0.706. The molecule has 0 saturated carbocycles. The Kier molecular flexibility index (Phi) is 6.00. The van der Waals surface area contributed by atoms with Crippen molar-refractivity contribution in [3.63, 3.8) is 0 Å². The van der Waals surface area contributed by atoms with Gasteiger partial charge in [-0.1, -0.05) is 13.8 Å². The van der Waals surface area contributed by atoms with Crippen molar-refractivity contribution in [2.24, 2.45) is 0 Å². The summed E-state index contributed by atoms with van der Waals surface area (Å²) in [6, 6.07) is 5.02. The minimum atomic E-state index is 0.518. The standard InChI is InChI=1S/C17H30N4/c1-5-16-10-15(12-18-6-2)11-17(19-16)21-9-7-8-20(4)13-14(21)3/h10-11,14,18H,5-9,12-13H2,1-4H3. The molecule has 1 saturated heterocycles. The zero-order valence-electron chi connectivity index (χ0n) is 14.0. The van der Waals surface area contributed by atoms with Crippen molar-refractivity contribution in [3.8, 4) is 0 Å². The zero-order chi connectivity index (χ0) is 15.2. The SMILES string of the molecule is CCNCc1cc(CC)nc(N2CCCN(C)CC2C)c1. The van der Waals surface area contributed by atoms with Gasteiger partial charge >= 0.3 is 0 Å². The average molecular weight is 290 g/mol. The normalized spacial score (nSPS) is 20.6. The van der Waals surface area contributed by atoms with Crippen LogP contribution in [-0.2, 0) is 13.0 Å². The van der Waals surface area contributed by atoms with Crippen molar-refractivity contribution in [2.75, 3.05) is 38.1 Å². The topological polar surface area (TPSA) is 31.4 Å². The summed E-state index contributed by atoms with van der Waals surface area (Å²) in [5, 5.41) is 3.42. The molecular formula is C17H30N4. The second-order valence-corrected chi connectivity index (χ2v) is 6.12. The lowest BCUT2D eigenvalue weighted by Crippen LogP contribution is -2.38. The van der Waals surface area contributed by atoms with E-state index in [2.05, 4.69) is 55.1 Å². The van der Waals surface area contributed by atoms with Crippen molar-refractivity contribution in [1.82, 2.24) is 15.2 Å². The number of aryl methyl sites for hydroxylation is 1. The highest BCUT2D eigenvalue weighted by molar-refractivity contribution is 5.44. The van der Waals surface area contributed by atoms with E-state index in [1.54, 1.807) is 0 Å². The van der Waals surface area contributed by atoms with E-state index >= 15 is 0 Å². The number of hydrogen-bond donors (Lipinski definition) is 1. The minimum Gasteiger partial charge on any atom is -0.353 e. The maximum atomic E-state index is 4.88. The van der Waals surface area contributed by atoms with Crippen LogP contribution in [0.4, 0.5) is 5.82 Å². The van der Waals surface area contributed by atoms with E-state index in [0.717, 1.165) is 38.4 Å². The Morgan fingerprint density at radius 2 is 2.10 bits per heavy atom. The molecule has 21 heavy (non-hydrogen) atoms. The fourth-order valence-electron chi connectivity index (χ4n) is 3.05. The van der Waals surface area contributed by atoms with Crippen LogP contribution in [0, 0.1) is 0 Å².